The molecule has 0 fully saturated rings. The molecule has 120 valence electrons. The van der Waals surface area contributed by atoms with Gasteiger partial charge in [-0.15, -0.1) is 0 Å². The van der Waals surface area contributed by atoms with Crippen molar-refractivity contribution in [3.05, 3.63) is 22.7 Å². The van der Waals surface area contributed by atoms with E-state index in [0.29, 0.717) is 36.4 Å². The number of benzene rings is 1. The normalized spacial score (nSPS) is 12.2. The van der Waals surface area contributed by atoms with Gasteiger partial charge in [-0.3, -0.25) is 0 Å². The van der Waals surface area contributed by atoms with Gasteiger partial charge < -0.3 is 15.2 Å². The minimum absolute atomic E-state index is 0.512. The van der Waals surface area contributed by atoms with Crippen molar-refractivity contribution in [2.45, 2.75) is 46.5 Å². The van der Waals surface area contributed by atoms with Crippen molar-refractivity contribution in [2.75, 3.05) is 19.8 Å². The summed E-state index contributed by atoms with van der Waals surface area (Å²) in [5, 5.41) is 0.655. The van der Waals surface area contributed by atoms with Gasteiger partial charge in [0, 0.05) is 6.07 Å². The molecule has 0 bridgehead atoms. The molecule has 1 aromatic rings. The van der Waals surface area contributed by atoms with E-state index in [0.717, 1.165) is 37.0 Å². The van der Waals surface area contributed by atoms with E-state index in [1.807, 2.05) is 12.1 Å². The maximum absolute atomic E-state index is 6.33. The number of halogens is 1. The second-order valence-corrected chi connectivity index (χ2v) is 5.88. The SMILES string of the molecule is CCCOc1cc(OCCC)c(CC(C)CCN)cc1Cl. The predicted molar refractivity (Wildman–Crippen MR) is 89.6 cm³/mol. The summed E-state index contributed by atoms with van der Waals surface area (Å²) in [6.07, 6.45) is 3.85. The van der Waals surface area contributed by atoms with Gasteiger partial charge in [0.05, 0.1) is 18.2 Å². The van der Waals surface area contributed by atoms with Gasteiger partial charge in [-0.2, -0.15) is 0 Å². The van der Waals surface area contributed by atoms with Crippen molar-refractivity contribution in [3.63, 3.8) is 0 Å². The summed E-state index contributed by atoms with van der Waals surface area (Å²) in [6, 6.07) is 3.91. The summed E-state index contributed by atoms with van der Waals surface area (Å²) in [4.78, 5) is 0. The molecule has 1 atom stereocenters. The highest BCUT2D eigenvalue weighted by Crippen LogP contribution is 2.34. The molecular formula is C17H28ClNO2. The lowest BCUT2D eigenvalue weighted by Gasteiger charge is -2.17. The van der Waals surface area contributed by atoms with Crippen LogP contribution in [0.5, 0.6) is 11.5 Å². The first kappa shape index (κ1) is 18.1. The molecule has 1 aromatic carbocycles. The summed E-state index contributed by atoms with van der Waals surface area (Å²) < 4.78 is 11.6. The Morgan fingerprint density at radius 2 is 1.71 bits per heavy atom. The van der Waals surface area contributed by atoms with Gasteiger partial charge in [0.1, 0.15) is 11.5 Å². The Kier molecular flexibility index (Phi) is 8.55. The summed E-state index contributed by atoms with van der Waals surface area (Å²) in [5.74, 6) is 2.11. The van der Waals surface area contributed by atoms with Crippen molar-refractivity contribution in [1.82, 2.24) is 0 Å². The number of nitrogens with two attached hydrogens (primary N) is 1. The Hall–Kier alpha value is -0.930. The second kappa shape index (κ2) is 9.91. The maximum atomic E-state index is 6.33. The molecule has 0 aromatic heterocycles. The van der Waals surface area contributed by atoms with E-state index in [4.69, 9.17) is 26.8 Å². The van der Waals surface area contributed by atoms with Crippen LogP contribution in [0.25, 0.3) is 0 Å². The lowest BCUT2D eigenvalue weighted by Crippen LogP contribution is -2.09. The Labute approximate surface area is 133 Å². The monoisotopic (exact) mass is 313 g/mol. The van der Waals surface area contributed by atoms with Crippen molar-refractivity contribution in [1.29, 1.82) is 0 Å². The van der Waals surface area contributed by atoms with Crippen LogP contribution in [0.4, 0.5) is 0 Å². The number of hydrogen-bond acceptors (Lipinski definition) is 3. The minimum Gasteiger partial charge on any atom is -0.493 e. The first-order valence-electron chi connectivity index (χ1n) is 7.90. The van der Waals surface area contributed by atoms with E-state index in [9.17, 15) is 0 Å². The van der Waals surface area contributed by atoms with Gasteiger partial charge in [-0.05, 0) is 49.8 Å². The molecule has 0 aliphatic heterocycles. The van der Waals surface area contributed by atoms with Crippen LogP contribution in [0, 0.1) is 5.92 Å². The summed E-state index contributed by atoms with van der Waals surface area (Å²) in [6.45, 7) is 8.44. The molecule has 0 amide bonds. The summed E-state index contributed by atoms with van der Waals surface area (Å²) >= 11 is 6.33. The van der Waals surface area contributed by atoms with Gasteiger partial charge in [0.2, 0.25) is 0 Å². The highest BCUT2D eigenvalue weighted by atomic mass is 35.5. The Balaban J connectivity index is 2.94. The molecule has 1 unspecified atom stereocenters. The van der Waals surface area contributed by atoms with Crippen LogP contribution < -0.4 is 15.2 Å². The third kappa shape index (κ3) is 6.15. The van der Waals surface area contributed by atoms with E-state index in [1.165, 1.54) is 0 Å². The molecule has 0 saturated heterocycles. The van der Waals surface area contributed by atoms with E-state index < -0.39 is 0 Å². The van der Waals surface area contributed by atoms with Crippen LogP contribution in [0.15, 0.2) is 12.1 Å². The summed E-state index contributed by atoms with van der Waals surface area (Å²) in [7, 11) is 0. The van der Waals surface area contributed by atoms with Crippen molar-refractivity contribution in [2.24, 2.45) is 11.7 Å². The third-order valence-electron chi connectivity index (χ3n) is 3.27. The average Bonchev–Trinajstić information content (AvgIpc) is 2.45. The quantitative estimate of drug-likeness (QED) is 0.694. The molecular weight excluding hydrogens is 286 g/mol. The molecule has 21 heavy (non-hydrogen) atoms. The first-order chi connectivity index (χ1) is 10.1. The fourth-order valence-electron chi connectivity index (χ4n) is 2.17. The lowest BCUT2D eigenvalue weighted by atomic mass is 9.97. The standard InChI is InChI=1S/C17H28ClNO2/c1-4-8-20-16-12-17(21-9-5-2)15(18)11-14(16)10-13(3)6-7-19/h11-13H,4-10,19H2,1-3H3. The zero-order valence-corrected chi connectivity index (χ0v) is 14.2. The molecule has 0 spiro atoms. The molecule has 3 nitrogen and oxygen atoms in total. The Morgan fingerprint density at radius 1 is 1.10 bits per heavy atom. The highest BCUT2D eigenvalue weighted by molar-refractivity contribution is 6.32. The molecule has 2 N–H and O–H groups in total. The lowest BCUT2D eigenvalue weighted by molar-refractivity contribution is 0.298. The van der Waals surface area contributed by atoms with Crippen LogP contribution in [0.3, 0.4) is 0 Å². The first-order valence-corrected chi connectivity index (χ1v) is 8.28. The van der Waals surface area contributed by atoms with Gasteiger partial charge in [-0.25, -0.2) is 0 Å². The maximum Gasteiger partial charge on any atom is 0.141 e. The van der Waals surface area contributed by atoms with E-state index >= 15 is 0 Å². The van der Waals surface area contributed by atoms with Crippen LogP contribution in [-0.2, 0) is 6.42 Å². The van der Waals surface area contributed by atoms with Gasteiger partial charge in [0.15, 0.2) is 0 Å². The van der Waals surface area contributed by atoms with E-state index in [2.05, 4.69) is 20.8 Å². The van der Waals surface area contributed by atoms with E-state index in [-0.39, 0.29) is 0 Å². The van der Waals surface area contributed by atoms with E-state index in [1.54, 1.807) is 0 Å². The molecule has 0 aliphatic carbocycles. The van der Waals surface area contributed by atoms with Gasteiger partial charge >= 0.3 is 0 Å². The fourth-order valence-corrected chi connectivity index (χ4v) is 2.41. The second-order valence-electron chi connectivity index (χ2n) is 5.47. The number of ether oxygens (including phenoxy) is 2. The average molecular weight is 314 g/mol. The van der Waals surface area contributed by atoms with Crippen molar-refractivity contribution >= 4 is 11.6 Å². The van der Waals surface area contributed by atoms with Gasteiger partial charge in [-0.1, -0.05) is 32.4 Å². The zero-order valence-electron chi connectivity index (χ0n) is 13.5. The molecule has 0 saturated carbocycles. The Bertz CT molecular complexity index is 423. The van der Waals surface area contributed by atoms with Crippen LogP contribution in [0.2, 0.25) is 5.02 Å². The van der Waals surface area contributed by atoms with Crippen LogP contribution in [-0.4, -0.2) is 19.8 Å². The highest BCUT2D eigenvalue weighted by Gasteiger charge is 2.13. The van der Waals surface area contributed by atoms with Crippen molar-refractivity contribution < 1.29 is 9.47 Å². The van der Waals surface area contributed by atoms with Crippen LogP contribution in [0.1, 0.15) is 45.6 Å². The fraction of sp³-hybridized carbons (Fsp3) is 0.647. The topological polar surface area (TPSA) is 44.5 Å². The zero-order chi connectivity index (χ0) is 15.7. The number of hydrogen-bond donors (Lipinski definition) is 1. The third-order valence-corrected chi connectivity index (χ3v) is 3.56. The summed E-state index contributed by atoms with van der Waals surface area (Å²) in [5.41, 5.74) is 6.77. The minimum atomic E-state index is 0.512. The largest absolute Gasteiger partial charge is 0.493 e. The van der Waals surface area contributed by atoms with Crippen LogP contribution >= 0.6 is 11.6 Å². The molecule has 0 radical (unpaired) electrons. The number of rotatable bonds is 10. The molecule has 0 heterocycles. The molecule has 0 aliphatic rings. The molecule has 4 heteroatoms. The molecule has 1 rings (SSSR count). The predicted octanol–water partition coefficient (Wildman–Crippen LogP) is 4.45. The Morgan fingerprint density at radius 3 is 2.29 bits per heavy atom. The van der Waals surface area contributed by atoms with Gasteiger partial charge in [0.25, 0.3) is 0 Å². The smallest absolute Gasteiger partial charge is 0.141 e. The van der Waals surface area contributed by atoms with Crippen molar-refractivity contribution in [3.8, 4) is 11.5 Å².